The summed E-state index contributed by atoms with van der Waals surface area (Å²) in [6.07, 6.45) is 0. The van der Waals surface area contributed by atoms with Crippen molar-refractivity contribution in [3.05, 3.63) is 108 Å². The largest absolute Gasteiger partial charge is 0.344 e. The Morgan fingerprint density at radius 2 is 1.18 bits per heavy atom. The second kappa shape index (κ2) is 9.00. The quantitative estimate of drug-likeness (QED) is 0.278. The zero-order valence-corrected chi connectivity index (χ0v) is 17.2. The Labute approximate surface area is 173 Å². The van der Waals surface area contributed by atoms with E-state index in [4.69, 9.17) is 18.1 Å². The van der Waals surface area contributed by atoms with Crippen molar-refractivity contribution in [1.29, 1.82) is 0 Å². The summed E-state index contributed by atoms with van der Waals surface area (Å²) in [7, 11) is 0. The predicted molar refractivity (Wildman–Crippen MR) is 121 cm³/mol. The molecule has 0 aliphatic heterocycles. The van der Waals surface area contributed by atoms with Gasteiger partial charge in [-0.25, -0.2) is 5.84 Å². The van der Waals surface area contributed by atoms with Gasteiger partial charge in [0.2, 0.25) is 0 Å². The highest BCUT2D eigenvalue weighted by Crippen LogP contribution is 2.36. The molecule has 0 aliphatic carbocycles. The Balaban J connectivity index is 2.18. The lowest BCUT2D eigenvalue weighted by Gasteiger charge is -2.39. The number of nitrogens with one attached hydrogen (secondary N) is 1. The Kier molecular flexibility index (Phi) is 6.45. The molecule has 0 amide bonds. The molecule has 3 nitrogen and oxygen atoms in total. The standard InChI is InChI=1S/C24H27N3S/c1-19(2)18-27(25)23(28)26-24(20-12-6-3-7-13-20,21-14-8-4-9-15-21)22-16-10-5-11-17-22/h3-17,19H,18,25H2,1-2H3,(H,26,28). The number of hydrogen-bond donors (Lipinski definition) is 2. The van der Waals surface area contributed by atoms with Crippen LogP contribution in [0.15, 0.2) is 91.0 Å². The third-order valence-electron chi connectivity index (χ3n) is 4.74. The Morgan fingerprint density at radius 3 is 1.50 bits per heavy atom. The minimum Gasteiger partial charge on any atom is -0.344 e. The molecule has 3 aromatic carbocycles. The van der Waals surface area contributed by atoms with Gasteiger partial charge in [-0.3, -0.25) is 5.01 Å². The summed E-state index contributed by atoms with van der Waals surface area (Å²) >= 11 is 5.73. The maximum atomic E-state index is 6.29. The monoisotopic (exact) mass is 389 g/mol. The van der Waals surface area contributed by atoms with Crippen LogP contribution in [0.1, 0.15) is 30.5 Å². The molecule has 28 heavy (non-hydrogen) atoms. The molecule has 3 N–H and O–H groups in total. The fourth-order valence-corrected chi connectivity index (χ4v) is 3.72. The summed E-state index contributed by atoms with van der Waals surface area (Å²) in [5.41, 5.74) is 2.67. The van der Waals surface area contributed by atoms with Crippen LogP contribution < -0.4 is 11.2 Å². The maximum Gasteiger partial charge on any atom is 0.184 e. The lowest BCUT2D eigenvalue weighted by Crippen LogP contribution is -2.55. The number of thiocarbonyl (C=S) groups is 1. The number of hydrazine groups is 1. The second-order valence-corrected chi connectivity index (χ2v) is 7.71. The van der Waals surface area contributed by atoms with Gasteiger partial charge in [0.05, 0.1) is 0 Å². The lowest BCUT2D eigenvalue weighted by molar-refractivity contribution is 0.363. The van der Waals surface area contributed by atoms with Crippen molar-refractivity contribution >= 4 is 17.3 Å². The Hall–Kier alpha value is -2.69. The molecular weight excluding hydrogens is 362 g/mol. The molecule has 0 heterocycles. The van der Waals surface area contributed by atoms with E-state index in [9.17, 15) is 0 Å². The van der Waals surface area contributed by atoms with Crippen LogP contribution in [0.5, 0.6) is 0 Å². The summed E-state index contributed by atoms with van der Waals surface area (Å²) in [5.74, 6) is 6.70. The molecule has 0 saturated carbocycles. The van der Waals surface area contributed by atoms with E-state index in [0.717, 1.165) is 16.7 Å². The molecule has 0 bridgehead atoms. The molecule has 0 aromatic heterocycles. The topological polar surface area (TPSA) is 41.3 Å². The molecule has 0 fully saturated rings. The van der Waals surface area contributed by atoms with Crippen LogP contribution in [0.2, 0.25) is 0 Å². The first-order valence-electron chi connectivity index (χ1n) is 9.55. The van der Waals surface area contributed by atoms with Crippen LogP contribution >= 0.6 is 12.2 Å². The van der Waals surface area contributed by atoms with Crippen molar-refractivity contribution in [2.45, 2.75) is 19.4 Å². The van der Waals surface area contributed by atoms with Crippen LogP contribution in [-0.2, 0) is 5.54 Å². The summed E-state index contributed by atoms with van der Waals surface area (Å²) in [6, 6.07) is 31.1. The highest BCUT2D eigenvalue weighted by molar-refractivity contribution is 7.80. The molecule has 0 unspecified atom stereocenters. The molecule has 144 valence electrons. The molecule has 3 rings (SSSR count). The zero-order chi connectivity index (χ0) is 20.0. The normalized spacial score (nSPS) is 11.3. The SMILES string of the molecule is CC(C)CN(N)C(=S)NC(c1ccccc1)(c1ccccc1)c1ccccc1. The van der Waals surface area contributed by atoms with E-state index >= 15 is 0 Å². The highest BCUT2D eigenvalue weighted by Gasteiger charge is 2.37. The van der Waals surface area contributed by atoms with E-state index in [-0.39, 0.29) is 0 Å². The average molecular weight is 390 g/mol. The molecule has 0 spiro atoms. The van der Waals surface area contributed by atoms with E-state index in [1.165, 1.54) is 0 Å². The molecule has 0 saturated heterocycles. The van der Waals surface area contributed by atoms with Gasteiger partial charge in [-0.2, -0.15) is 0 Å². The number of hydrogen-bond acceptors (Lipinski definition) is 2. The number of nitrogens with two attached hydrogens (primary N) is 1. The van der Waals surface area contributed by atoms with E-state index in [2.05, 4.69) is 92.0 Å². The van der Waals surface area contributed by atoms with Crippen LogP contribution in [0.3, 0.4) is 0 Å². The van der Waals surface area contributed by atoms with Crippen molar-refractivity contribution in [2.24, 2.45) is 11.8 Å². The van der Waals surface area contributed by atoms with Crippen LogP contribution in [0, 0.1) is 5.92 Å². The van der Waals surface area contributed by atoms with Crippen LogP contribution in [0.25, 0.3) is 0 Å². The smallest absolute Gasteiger partial charge is 0.184 e. The van der Waals surface area contributed by atoms with Crippen molar-refractivity contribution in [3.63, 3.8) is 0 Å². The van der Waals surface area contributed by atoms with Crippen LogP contribution in [0.4, 0.5) is 0 Å². The molecule has 0 aliphatic rings. The minimum absolute atomic E-state index is 0.407. The van der Waals surface area contributed by atoms with Gasteiger partial charge >= 0.3 is 0 Å². The fraction of sp³-hybridized carbons (Fsp3) is 0.208. The van der Waals surface area contributed by atoms with E-state index in [1.54, 1.807) is 5.01 Å². The summed E-state index contributed by atoms with van der Waals surface area (Å²) in [4.78, 5) is 0. The Bertz CT molecular complexity index is 783. The summed E-state index contributed by atoms with van der Waals surface area (Å²) in [6.45, 7) is 4.93. The van der Waals surface area contributed by atoms with E-state index in [1.807, 2.05) is 18.2 Å². The van der Waals surface area contributed by atoms with Gasteiger partial charge in [0.1, 0.15) is 5.54 Å². The second-order valence-electron chi connectivity index (χ2n) is 7.32. The summed E-state index contributed by atoms with van der Waals surface area (Å²) < 4.78 is 0. The van der Waals surface area contributed by atoms with Crippen molar-refractivity contribution < 1.29 is 0 Å². The third-order valence-corrected chi connectivity index (χ3v) is 5.07. The highest BCUT2D eigenvalue weighted by atomic mass is 32.1. The predicted octanol–water partition coefficient (Wildman–Crippen LogP) is 4.68. The van der Waals surface area contributed by atoms with E-state index < -0.39 is 5.54 Å². The first-order valence-corrected chi connectivity index (χ1v) is 9.96. The first kappa shape index (κ1) is 20.1. The zero-order valence-electron chi connectivity index (χ0n) is 16.4. The third kappa shape index (κ3) is 4.24. The minimum atomic E-state index is -0.643. The molecular formula is C24H27N3S. The first-order chi connectivity index (χ1) is 13.5. The van der Waals surface area contributed by atoms with Crippen LogP contribution in [-0.4, -0.2) is 16.7 Å². The molecule has 0 atom stereocenters. The Morgan fingerprint density at radius 1 is 0.821 bits per heavy atom. The van der Waals surface area contributed by atoms with Gasteiger partial charge in [-0.1, -0.05) is 105 Å². The summed E-state index contributed by atoms with van der Waals surface area (Å²) in [5, 5.41) is 5.76. The maximum absolute atomic E-state index is 6.29. The van der Waals surface area contributed by atoms with E-state index in [0.29, 0.717) is 17.6 Å². The lowest BCUT2D eigenvalue weighted by atomic mass is 9.77. The number of rotatable bonds is 6. The van der Waals surface area contributed by atoms with Gasteiger partial charge in [-0.15, -0.1) is 0 Å². The number of benzene rings is 3. The fourth-order valence-electron chi connectivity index (χ4n) is 3.49. The van der Waals surface area contributed by atoms with Crippen molar-refractivity contribution in [3.8, 4) is 0 Å². The van der Waals surface area contributed by atoms with Crippen molar-refractivity contribution in [1.82, 2.24) is 10.3 Å². The average Bonchev–Trinajstić information content (AvgIpc) is 2.73. The molecule has 3 aromatic rings. The van der Waals surface area contributed by atoms with Gasteiger partial charge in [0.25, 0.3) is 0 Å². The van der Waals surface area contributed by atoms with Gasteiger partial charge in [0, 0.05) is 6.54 Å². The van der Waals surface area contributed by atoms with Crippen molar-refractivity contribution in [2.75, 3.05) is 6.54 Å². The molecule has 0 radical (unpaired) electrons. The molecule has 4 heteroatoms. The van der Waals surface area contributed by atoms with Gasteiger partial charge < -0.3 is 5.32 Å². The van der Waals surface area contributed by atoms with Gasteiger partial charge in [0.15, 0.2) is 5.11 Å². The van der Waals surface area contributed by atoms with Gasteiger partial charge in [-0.05, 0) is 34.8 Å². The number of nitrogens with zero attached hydrogens (tertiary/aromatic N) is 1.